The Morgan fingerprint density at radius 3 is 2.44 bits per heavy atom. The largest absolute Gasteiger partial charge is 0.504 e. The Kier molecular flexibility index (Phi) is 2.34. The Morgan fingerprint density at radius 2 is 1.81 bits per heavy atom. The molecule has 0 spiro atoms. The van der Waals surface area contributed by atoms with Crippen molar-refractivity contribution in [1.29, 1.82) is 0 Å². The van der Waals surface area contributed by atoms with Gasteiger partial charge in [0, 0.05) is 22.9 Å². The Balaban J connectivity index is 2.56. The second-order valence-corrected chi connectivity index (χ2v) is 4.13. The van der Waals surface area contributed by atoms with Crippen LogP contribution in [0.1, 0.15) is 24.3 Å². The van der Waals surface area contributed by atoms with Crippen LogP contribution in [0.2, 0.25) is 0 Å². The lowest BCUT2D eigenvalue weighted by Gasteiger charge is -1.99. The minimum atomic E-state index is -0.196. The number of aromatic hydroxyl groups is 2. The Labute approximate surface area is 92.5 Å². The second-order valence-electron chi connectivity index (χ2n) is 4.13. The summed E-state index contributed by atoms with van der Waals surface area (Å²) >= 11 is 0. The lowest BCUT2D eigenvalue weighted by atomic mass is 10.1. The summed E-state index contributed by atoms with van der Waals surface area (Å²) in [5, 5.41) is 19.4. The van der Waals surface area contributed by atoms with Crippen molar-refractivity contribution in [3.05, 3.63) is 23.9 Å². The number of aromatic amines is 1. The van der Waals surface area contributed by atoms with Crippen LogP contribution >= 0.6 is 0 Å². The van der Waals surface area contributed by atoms with E-state index < -0.39 is 0 Å². The van der Waals surface area contributed by atoms with Crippen LogP contribution < -0.4 is 0 Å². The average Bonchev–Trinajstić information content (AvgIpc) is 2.60. The van der Waals surface area contributed by atoms with Crippen molar-refractivity contribution >= 4 is 16.7 Å². The number of ketones is 1. The van der Waals surface area contributed by atoms with E-state index >= 15 is 0 Å². The smallest absolute Gasteiger partial charge is 0.181 e. The van der Waals surface area contributed by atoms with Crippen molar-refractivity contribution in [1.82, 2.24) is 4.98 Å². The highest BCUT2D eigenvalue weighted by atomic mass is 16.3. The van der Waals surface area contributed by atoms with Crippen molar-refractivity contribution in [2.45, 2.75) is 13.8 Å². The molecule has 4 nitrogen and oxygen atoms in total. The molecule has 84 valence electrons. The summed E-state index contributed by atoms with van der Waals surface area (Å²) in [6.45, 7) is 3.64. The number of carbonyl (C=O) groups excluding carboxylic acids is 1. The van der Waals surface area contributed by atoms with Gasteiger partial charge in [0.25, 0.3) is 0 Å². The third-order valence-electron chi connectivity index (χ3n) is 2.51. The SMILES string of the molecule is CC(C)C(=O)c1cc2cc(O)c(O)cc2[nH]1. The van der Waals surface area contributed by atoms with Crippen molar-refractivity contribution < 1.29 is 15.0 Å². The van der Waals surface area contributed by atoms with Crippen molar-refractivity contribution in [3.8, 4) is 11.5 Å². The molecular weight excluding hydrogens is 206 g/mol. The summed E-state index contributed by atoms with van der Waals surface area (Å²) in [5.41, 5.74) is 1.13. The summed E-state index contributed by atoms with van der Waals surface area (Å²) < 4.78 is 0. The Morgan fingerprint density at radius 1 is 1.19 bits per heavy atom. The van der Waals surface area contributed by atoms with Crippen LogP contribution in [0, 0.1) is 5.92 Å². The van der Waals surface area contributed by atoms with Crippen LogP contribution in [0.25, 0.3) is 10.9 Å². The first-order valence-electron chi connectivity index (χ1n) is 5.08. The summed E-state index contributed by atoms with van der Waals surface area (Å²) in [4.78, 5) is 14.7. The van der Waals surface area contributed by atoms with Gasteiger partial charge in [-0.05, 0) is 12.1 Å². The first-order valence-corrected chi connectivity index (χ1v) is 5.08. The zero-order valence-corrected chi connectivity index (χ0v) is 9.11. The molecule has 0 unspecified atom stereocenters. The average molecular weight is 219 g/mol. The summed E-state index contributed by atoms with van der Waals surface area (Å²) in [6, 6.07) is 4.51. The van der Waals surface area contributed by atoms with E-state index in [1.165, 1.54) is 12.1 Å². The molecule has 0 aliphatic carbocycles. The number of benzene rings is 1. The molecule has 0 radical (unpaired) electrons. The minimum Gasteiger partial charge on any atom is -0.504 e. The fraction of sp³-hybridized carbons (Fsp3) is 0.250. The van der Waals surface area contributed by atoms with Gasteiger partial charge in [0.2, 0.25) is 0 Å². The van der Waals surface area contributed by atoms with E-state index in [1.54, 1.807) is 6.07 Å². The van der Waals surface area contributed by atoms with Crippen LogP contribution in [0.4, 0.5) is 0 Å². The maximum absolute atomic E-state index is 11.7. The van der Waals surface area contributed by atoms with Gasteiger partial charge in [-0.3, -0.25) is 4.79 Å². The number of nitrogens with one attached hydrogen (secondary N) is 1. The molecule has 0 saturated heterocycles. The topological polar surface area (TPSA) is 73.3 Å². The van der Waals surface area contributed by atoms with E-state index in [9.17, 15) is 15.0 Å². The maximum atomic E-state index is 11.7. The fourth-order valence-corrected chi connectivity index (χ4v) is 1.60. The molecule has 16 heavy (non-hydrogen) atoms. The Hall–Kier alpha value is -1.97. The number of hydrogen-bond donors (Lipinski definition) is 3. The van der Waals surface area contributed by atoms with Gasteiger partial charge in [0.05, 0.1) is 5.69 Å². The van der Waals surface area contributed by atoms with Crippen LogP contribution in [0.3, 0.4) is 0 Å². The molecule has 0 amide bonds. The molecule has 0 saturated carbocycles. The maximum Gasteiger partial charge on any atom is 0.181 e. The zero-order valence-electron chi connectivity index (χ0n) is 9.11. The predicted molar refractivity (Wildman–Crippen MR) is 60.8 cm³/mol. The number of rotatable bonds is 2. The summed E-state index contributed by atoms with van der Waals surface area (Å²) in [6.07, 6.45) is 0. The molecular formula is C12H13NO3. The van der Waals surface area contributed by atoms with Crippen LogP contribution in [-0.4, -0.2) is 21.0 Å². The van der Waals surface area contributed by atoms with Gasteiger partial charge >= 0.3 is 0 Å². The van der Waals surface area contributed by atoms with Gasteiger partial charge in [0.1, 0.15) is 0 Å². The molecule has 2 aromatic rings. The third-order valence-corrected chi connectivity index (χ3v) is 2.51. The number of phenolic OH excluding ortho intramolecular Hbond substituents is 2. The van der Waals surface area contributed by atoms with Crippen LogP contribution in [0.15, 0.2) is 18.2 Å². The number of carbonyl (C=O) groups is 1. The summed E-state index contributed by atoms with van der Waals surface area (Å²) in [5.74, 6) is -0.460. The van der Waals surface area contributed by atoms with Crippen LogP contribution in [0.5, 0.6) is 11.5 Å². The lowest BCUT2D eigenvalue weighted by Crippen LogP contribution is -2.07. The third kappa shape index (κ3) is 1.62. The quantitative estimate of drug-likeness (QED) is 0.536. The van der Waals surface area contributed by atoms with Crippen molar-refractivity contribution in [3.63, 3.8) is 0 Å². The molecule has 0 aliphatic rings. The zero-order chi connectivity index (χ0) is 11.9. The minimum absolute atomic E-state index is 0.00943. The van der Waals surface area contributed by atoms with E-state index in [2.05, 4.69) is 4.98 Å². The lowest BCUT2D eigenvalue weighted by molar-refractivity contribution is 0.0935. The first-order chi connectivity index (χ1) is 7.49. The number of aromatic nitrogens is 1. The van der Waals surface area contributed by atoms with Gasteiger partial charge < -0.3 is 15.2 Å². The molecule has 0 aliphatic heterocycles. The number of fused-ring (bicyclic) bond motifs is 1. The molecule has 0 atom stereocenters. The predicted octanol–water partition coefficient (Wildman–Crippen LogP) is 2.42. The monoisotopic (exact) mass is 219 g/mol. The molecule has 1 aromatic heterocycles. The van der Waals surface area contributed by atoms with E-state index in [1.807, 2.05) is 13.8 Å². The normalized spacial score (nSPS) is 11.2. The van der Waals surface area contributed by atoms with Crippen molar-refractivity contribution in [2.75, 3.05) is 0 Å². The van der Waals surface area contributed by atoms with E-state index in [4.69, 9.17) is 0 Å². The van der Waals surface area contributed by atoms with Crippen molar-refractivity contribution in [2.24, 2.45) is 5.92 Å². The fourth-order valence-electron chi connectivity index (χ4n) is 1.60. The second kappa shape index (κ2) is 3.56. The highest BCUT2D eigenvalue weighted by Crippen LogP contribution is 2.30. The number of Topliss-reactive ketones (excluding diaryl/α,β-unsaturated/α-hetero) is 1. The highest BCUT2D eigenvalue weighted by Gasteiger charge is 2.14. The number of hydrogen-bond acceptors (Lipinski definition) is 3. The molecule has 4 heteroatoms. The van der Waals surface area contributed by atoms with Gasteiger partial charge in [-0.1, -0.05) is 13.8 Å². The molecule has 1 heterocycles. The van der Waals surface area contributed by atoms with Gasteiger partial charge in [-0.25, -0.2) is 0 Å². The number of phenols is 2. The molecule has 0 bridgehead atoms. The molecule has 0 fully saturated rings. The number of H-pyrrole nitrogens is 1. The van der Waals surface area contributed by atoms with E-state index in [0.717, 1.165) is 0 Å². The molecule has 3 N–H and O–H groups in total. The van der Waals surface area contributed by atoms with Gasteiger partial charge in [-0.15, -0.1) is 0 Å². The van der Waals surface area contributed by atoms with Gasteiger partial charge in [0.15, 0.2) is 17.3 Å². The van der Waals surface area contributed by atoms with E-state index in [-0.39, 0.29) is 23.2 Å². The van der Waals surface area contributed by atoms with Crippen LogP contribution in [-0.2, 0) is 0 Å². The standard InChI is InChI=1S/C12H13NO3/c1-6(2)12(16)9-3-7-4-10(14)11(15)5-8(7)13-9/h3-6,13-15H,1-2H3. The first kappa shape index (κ1) is 10.5. The van der Waals surface area contributed by atoms with Gasteiger partial charge in [-0.2, -0.15) is 0 Å². The Bertz CT molecular complexity index is 516. The summed E-state index contributed by atoms with van der Waals surface area (Å²) in [7, 11) is 0. The molecule has 2 rings (SSSR count). The highest BCUT2D eigenvalue weighted by molar-refractivity contribution is 6.00. The van der Waals surface area contributed by atoms with E-state index in [0.29, 0.717) is 16.6 Å². The molecule has 1 aromatic carbocycles.